The van der Waals surface area contributed by atoms with Crippen LogP contribution in [0.15, 0.2) is 46.0 Å². The summed E-state index contributed by atoms with van der Waals surface area (Å²) in [5.41, 5.74) is 1.50. The number of hydrogen-bond donors (Lipinski definition) is 3. The Morgan fingerprint density at radius 2 is 2.17 bits per heavy atom. The Bertz CT molecular complexity index is 940. The zero-order valence-electron chi connectivity index (χ0n) is 16.1. The van der Waals surface area contributed by atoms with Crippen LogP contribution in [-0.2, 0) is 13.1 Å². The molecule has 10 heteroatoms. The number of hydrogen-bond acceptors (Lipinski definition) is 5. The molecule has 8 nitrogen and oxygen atoms in total. The highest BCUT2D eigenvalue weighted by Gasteiger charge is 2.11. The number of alkyl halides is 2. The van der Waals surface area contributed by atoms with Gasteiger partial charge in [0.1, 0.15) is 11.6 Å². The largest absolute Gasteiger partial charge is 0.461 e. The van der Waals surface area contributed by atoms with Crippen LogP contribution in [0, 0.1) is 6.92 Å². The number of nitrogens with one attached hydrogen (secondary N) is 3. The van der Waals surface area contributed by atoms with Gasteiger partial charge in [-0.15, -0.1) is 5.10 Å². The van der Waals surface area contributed by atoms with Gasteiger partial charge in [-0.25, -0.2) is 9.98 Å². The second-order valence-electron chi connectivity index (χ2n) is 6.12. The fourth-order valence-electron chi connectivity index (χ4n) is 2.61. The summed E-state index contributed by atoms with van der Waals surface area (Å²) in [7, 11) is 0. The molecule has 0 aliphatic heterocycles. The number of H-pyrrole nitrogens is 1. The average Bonchev–Trinajstić information content (AvgIpc) is 3.37. The van der Waals surface area contributed by atoms with Gasteiger partial charge in [0.15, 0.2) is 11.7 Å². The van der Waals surface area contributed by atoms with Crippen LogP contribution in [0.3, 0.4) is 0 Å². The van der Waals surface area contributed by atoms with Crippen LogP contribution in [0.5, 0.6) is 5.75 Å². The fourth-order valence-corrected chi connectivity index (χ4v) is 2.61. The first-order chi connectivity index (χ1) is 14.0. The van der Waals surface area contributed by atoms with Crippen molar-refractivity contribution in [2.45, 2.75) is 33.5 Å². The normalized spacial score (nSPS) is 11.7. The summed E-state index contributed by atoms with van der Waals surface area (Å²) in [6, 6.07) is 8.55. The lowest BCUT2D eigenvalue weighted by Crippen LogP contribution is -2.37. The summed E-state index contributed by atoms with van der Waals surface area (Å²) < 4.78 is 35.1. The first kappa shape index (κ1) is 20.3. The van der Waals surface area contributed by atoms with E-state index >= 15 is 0 Å². The maximum absolute atomic E-state index is 12.6. The number of ether oxygens (including phenoxy) is 1. The van der Waals surface area contributed by atoms with Crippen molar-refractivity contribution in [1.29, 1.82) is 0 Å². The van der Waals surface area contributed by atoms with Crippen LogP contribution in [0.1, 0.15) is 23.9 Å². The highest BCUT2D eigenvalue weighted by Crippen LogP contribution is 2.23. The van der Waals surface area contributed by atoms with Crippen LogP contribution < -0.4 is 15.4 Å². The van der Waals surface area contributed by atoms with Crippen molar-refractivity contribution in [3.8, 4) is 17.3 Å². The van der Waals surface area contributed by atoms with E-state index < -0.39 is 6.61 Å². The molecule has 2 heterocycles. The van der Waals surface area contributed by atoms with Crippen LogP contribution in [0.25, 0.3) is 11.6 Å². The van der Waals surface area contributed by atoms with Crippen LogP contribution in [0.4, 0.5) is 8.78 Å². The minimum absolute atomic E-state index is 0.114. The minimum Gasteiger partial charge on any atom is -0.461 e. The maximum atomic E-state index is 12.6. The molecule has 0 saturated carbocycles. The van der Waals surface area contributed by atoms with E-state index in [1.54, 1.807) is 30.5 Å². The molecule has 2 aromatic heterocycles. The number of aromatic nitrogens is 3. The second-order valence-corrected chi connectivity index (χ2v) is 6.12. The van der Waals surface area contributed by atoms with E-state index in [0.717, 1.165) is 5.56 Å². The van der Waals surface area contributed by atoms with E-state index in [9.17, 15) is 8.78 Å². The maximum Gasteiger partial charge on any atom is 0.387 e. The molecule has 3 rings (SSSR count). The Kier molecular flexibility index (Phi) is 6.77. The van der Waals surface area contributed by atoms with Gasteiger partial charge >= 0.3 is 6.61 Å². The highest BCUT2D eigenvalue weighted by atomic mass is 19.3. The van der Waals surface area contributed by atoms with Gasteiger partial charge in [0.2, 0.25) is 5.82 Å². The molecule has 3 aromatic rings. The molecule has 0 spiro atoms. The third-order valence-corrected chi connectivity index (χ3v) is 3.88. The lowest BCUT2D eigenvalue weighted by atomic mass is 10.1. The second kappa shape index (κ2) is 9.67. The van der Waals surface area contributed by atoms with Gasteiger partial charge in [-0.05, 0) is 32.0 Å². The molecule has 0 unspecified atom stereocenters. The summed E-state index contributed by atoms with van der Waals surface area (Å²) in [6.07, 6.45) is 1.55. The summed E-state index contributed by atoms with van der Waals surface area (Å²) in [4.78, 5) is 8.81. The van der Waals surface area contributed by atoms with E-state index in [1.165, 1.54) is 6.07 Å². The number of furan rings is 1. The molecule has 1 aromatic carbocycles. The first-order valence-corrected chi connectivity index (χ1v) is 9.07. The quantitative estimate of drug-likeness (QED) is 0.394. The molecular weight excluding hydrogens is 382 g/mol. The molecule has 0 atom stereocenters. The SMILES string of the molecule is CCNC(=NCc1cc(C)ccc1OC(F)F)NCc1nc(-c2ccco2)n[nH]1. The van der Waals surface area contributed by atoms with Crippen LogP contribution in [0.2, 0.25) is 0 Å². The molecular formula is C19H22F2N6O2. The number of aromatic amines is 1. The number of halogens is 2. The Morgan fingerprint density at radius 1 is 1.31 bits per heavy atom. The summed E-state index contributed by atoms with van der Waals surface area (Å²) in [5.74, 6) is 2.25. The lowest BCUT2D eigenvalue weighted by molar-refractivity contribution is -0.0504. The number of rotatable bonds is 8. The van der Waals surface area contributed by atoms with Gasteiger partial charge in [-0.3, -0.25) is 5.10 Å². The molecule has 0 fully saturated rings. The molecule has 0 saturated heterocycles. The number of aryl methyl sites for hydroxylation is 1. The number of nitrogens with zero attached hydrogens (tertiary/aromatic N) is 3. The topological polar surface area (TPSA) is 100 Å². The van der Waals surface area contributed by atoms with Crippen molar-refractivity contribution in [1.82, 2.24) is 25.8 Å². The molecule has 0 aliphatic rings. The standard InChI is InChI=1S/C19H22F2N6O2/c1-3-22-19(23-10-13-9-12(2)6-7-14(13)29-18(20)21)24-11-16-25-17(27-26-16)15-5-4-8-28-15/h4-9,18H,3,10-11H2,1-2H3,(H2,22,23,24)(H,25,26,27). The zero-order valence-corrected chi connectivity index (χ0v) is 16.1. The third kappa shape index (κ3) is 5.77. The van der Waals surface area contributed by atoms with E-state index in [0.29, 0.717) is 42.0 Å². The highest BCUT2D eigenvalue weighted by molar-refractivity contribution is 5.79. The molecule has 0 bridgehead atoms. The summed E-state index contributed by atoms with van der Waals surface area (Å²) >= 11 is 0. The van der Waals surface area contributed by atoms with Gasteiger partial charge in [0.05, 0.1) is 19.4 Å². The average molecular weight is 404 g/mol. The summed E-state index contributed by atoms with van der Waals surface area (Å²) in [6.45, 7) is 2.07. The van der Waals surface area contributed by atoms with Crippen molar-refractivity contribution in [3.05, 3.63) is 53.5 Å². The predicted octanol–water partition coefficient (Wildman–Crippen LogP) is 3.23. The molecule has 0 aliphatic carbocycles. The van der Waals surface area contributed by atoms with E-state index in [4.69, 9.17) is 4.42 Å². The van der Waals surface area contributed by atoms with E-state index in [2.05, 4.69) is 35.5 Å². The van der Waals surface area contributed by atoms with Gasteiger partial charge in [-0.1, -0.05) is 17.7 Å². The first-order valence-electron chi connectivity index (χ1n) is 9.07. The molecule has 0 amide bonds. The number of benzene rings is 1. The van der Waals surface area contributed by atoms with Crippen molar-refractivity contribution in [2.24, 2.45) is 4.99 Å². The van der Waals surface area contributed by atoms with Crippen LogP contribution >= 0.6 is 0 Å². The van der Waals surface area contributed by atoms with Crippen molar-refractivity contribution in [3.63, 3.8) is 0 Å². The van der Waals surface area contributed by atoms with Crippen LogP contribution in [-0.4, -0.2) is 34.3 Å². The fraction of sp³-hybridized carbons (Fsp3) is 0.316. The molecule has 154 valence electrons. The van der Waals surface area contributed by atoms with Crippen molar-refractivity contribution in [2.75, 3.05) is 6.54 Å². The zero-order chi connectivity index (χ0) is 20.6. The third-order valence-electron chi connectivity index (χ3n) is 3.88. The Balaban J connectivity index is 1.67. The lowest BCUT2D eigenvalue weighted by Gasteiger charge is -2.12. The van der Waals surface area contributed by atoms with Gasteiger partial charge in [0.25, 0.3) is 0 Å². The Hall–Kier alpha value is -3.43. The van der Waals surface area contributed by atoms with Gasteiger partial charge < -0.3 is 19.8 Å². The van der Waals surface area contributed by atoms with Gasteiger partial charge in [0, 0.05) is 12.1 Å². The minimum atomic E-state index is -2.89. The molecule has 0 radical (unpaired) electrons. The predicted molar refractivity (Wildman–Crippen MR) is 104 cm³/mol. The summed E-state index contributed by atoms with van der Waals surface area (Å²) in [5, 5.41) is 13.2. The smallest absolute Gasteiger partial charge is 0.387 e. The molecule has 29 heavy (non-hydrogen) atoms. The monoisotopic (exact) mass is 404 g/mol. The molecule has 3 N–H and O–H groups in total. The van der Waals surface area contributed by atoms with Gasteiger partial charge in [-0.2, -0.15) is 8.78 Å². The number of aliphatic imine (C=N–C) groups is 1. The number of guanidine groups is 1. The van der Waals surface area contributed by atoms with E-state index in [1.807, 2.05) is 13.8 Å². The van der Waals surface area contributed by atoms with E-state index in [-0.39, 0.29) is 12.3 Å². The Labute approximate surface area is 166 Å². The van der Waals surface area contributed by atoms with Crippen molar-refractivity contribution < 1.29 is 17.9 Å². The van der Waals surface area contributed by atoms with Crippen molar-refractivity contribution >= 4 is 5.96 Å². The Morgan fingerprint density at radius 3 is 2.90 bits per heavy atom.